The quantitative estimate of drug-likeness (QED) is 0.490. The van der Waals surface area contributed by atoms with E-state index in [0.29, 0.717) is 19.0 Å². The van der Waals surface area contributed by atoms with E-state index in [0.717, 1.165) is 34.4 Å². The molecule has 0 atom stereocenters. The van der Waals surface area contributed by atoms with Crippen molar-refractivity contribution < 1.29 is 9.15 Å². The minimum absolute atomic E-state index is 0.545. The topological polar surface area (TPSA) is 71.7 Å². The number of ether oxygens (including phenoxy) is 1. The second-order valence-corrected chi connectivity index (χ2v) is 6.47. The molecule has 0 fully saturated rings. The van der Waals surface area contributed by atoms with E-state index in [9.17, 15) is 0 Å². The summed E-state index contributed by atoms with van der Waals surface area (Å²) in [5.41, 5.74) is 1.95. The lowest BCUT2D eigenvalue weighted by Crippen LogP contribution is -2.36. The van der Waals surface area contributed by atoms with Gasteiger partial charge in [-0.2, -0.15) is 0 Å². The molecule has 2 N–H and O–H groups in total. The Morgan fingerprint density at radius 2 is 2.08 bits per heavy atom. The number of nitrogens with zero attached hydrogens (tertiary/aromatic N) is 2. The summed E-state index contributed by atoms with van der Waals surface area (Å²) >= 11 is 1.61. The third-order valence-corrected chi connectivity index (χ3v) is 4.50. The first-order valence-electron chi connectivity index (χ1n) is 8.42. The van der Waals surface area contributed by atoms with Crippen LogP contribution in [0, 0.1) is 0 Å². The Bertz CT molecular complexity index is 826. The predicted octanol–water partition coefficient (Wildman–Crippen LogP) is 3.67. The smallest absolute Gasteiger partial charge is 0.236 e. The van der Waals surface area contributed by atoms with Gasteiger partial charge < -0.3 is 19.8 Å². The van der Waals surface area contributed by atoms with Gasteiger partial charge in [-0.15, -0.1) is 11.3 Å². The van der Waals surface area contributed by atoms with Gasteiger partial charge in [-0.25, -0.2) is 9.98 Å². The van der Waals surface area contributed by atoms with Gasteiger partial charge in [-0.1, -0.05) is 18.2 Å². The van der Waals surface area contributed by atoms with Crippen LogP contribution in [0.4, 0.5) is 0 Å². The zero-order chi connectivity index (χ0) is 18.2. The summed E-state index contributed by atoms with van der Waals surface area (Å²) in [6.45, 7) is 3.95. The van der Waals surface area contributed by atoms with Crippen molar-refractivity contribution in [3.8, 4) is 16.5 Å². The highest BCUT2D eigenvalue weighted by Gasteiger charge is 2.08. The van der Waals surface area contributed by atoms with Gasteiger partial charge in [0.05, 0.1) is 30.8 Å². The molecule has 0 spiro atoms. The van der Waals surface area contributed by atoms with Crippen LogP contribution in [-0.4, -0.2) is 24.6 Å². The van der Waals surface area contributed by atoms with E-state index in [1.54, 1.807) is 24.7 Å². The monoisotopic (exact) mass is 370 g/mol. The fourth-order valence-corrected chi connectivity index (χ4v) is 2.97. The Hall–Kier alpha value is -2.80. The second-order valence-electron chi connectivity index (χ2n) is 5.52. The molecule has 26 heavy (non-hydrogen) atoms. The van der Waals surface area contributed by atoms with Crippen molar-refractivity contribution in [2.24, 2.45) is 4.99 Å². The maximum atomic E-state index is 5.54. The Morgan fingerprint density at radius 3 is 2.77 bits per heavy atom. The fraction of sp³-hybridized carbons (Fsp3) is 0.263. The summed E-state index contributed by atoms with van der Waals surface area (Å²) in [4.78, 5) is 10.1. The number of hydrogen-bond donors (Lipinski definition) is 2. The maximum absolute atomic E-state index is 5.54. The number of oxazole rings is 1. The number of hydrogen-bond acceptors (Lipinski definition) is 5. The van der Waals surface area contributed by atoms with Gasteiger partial charge in [0.15, 0.2) is 5.96 Å². The molecule has 0 saturated heterocycles. The number of rotatable bonds is 7. The molecule has 3 aromatic rings. The van der Waals surface area contributed by atoms with Gasteiger partial charge >= 0.3 is 0 Å². The molecule has 6 nitrogen and oxygen atoms in total. The fourth-order valence-electron chi connectivity index (χ4n) is 2.32. The average Bonchev–Trinajstić information content (AvgIpc) is 3.36. The first kappa shape index (κ1) is 18.0. The third kappa shape index (κ3) is 4.86. The first-order valence-corrected chi connectivity index (χ1v) is 9.30. The van der Waals surface area contributed by atoms with Crippen LogP contribution in [0.1, 0.15) is 18.2 Å². The highest BCUT2D eigenvalue weighted by Crippen LogP contribution is 2.23. The molecule has 136 valence electrons. The van der Waals surface area contributed by atoms with E-state index in [4.69, 9.17) is 9.15 Å². The number of aromatic nitrogens is 1. The SMILES string of the molecule is CCNC(=NCc1ccc(OC)cc1)NCc1coc(-c2cccs2)n1. The van der Waals surface area contributed by atoms with Crippen molar-refractivity contribution in [3.63, 3.8) is 0 Å². The Labute approximate surface area is 156 Å². The highest BCUT2D eigenvalue weighted by molar-refractivity contribution is 7.13. The lowest BCUT2D eigenvalue weighted by molar-refractivity contribution is 0.414. The second kappa shape index (κ2) is 9.05. The molecule has 3 rings (SSSR count). The molecule has 0 aliphatic heterocycles. The van der Waals surface area contributed by atoms with Gasteiger partial charge in [0.1, 0.15) is 12.0 Å². The number of guanidine groups is 1. The normalized spacial score (nSPS) is 11.4. The Kier molecular flexibility index (Phi) is 6.27. The van der Waals surface area contributed by atoms with Gasteiger partial charge in [0, 0.05) is 6.54 Å². The van der Waals surface area contributed by atoms with E-state index in [2.05, 4.69) is 20.6 Å². The Balaban J connectivity index is 1.59. The Morgan fingerprint density at radius 1 is 1.23 bits per heavy atom. The van der Waals surface area contributed by atoms with Crippen LogP contribution >= 0.6 is 11.3 Å². The maximum Gasteiger partial charge on any atom is 0.236 e. The number of nitrogens with one attached hydrogen (secondary N) is 2. The molecule has 0 amide bonds. The molecule has 1 aromatic carbocycles. The number of methoxy groups -OCH3 is 1. The summed E-state index contributed by atoms with van der Waals surface area (Å²) in [6, 6.07) is 11.9. The molecule has 0 unspecified atom stereocenters. The van der Waals surface area contributed by atoms with E-state index >= 15 is 0 Å². The van der Waals surface area contributed by atoms with E-state index in [1.807, 2.05) is 48.7 Å². The van der Waals surface area contributed by atoms with Crippen LogP contribution in [0.15, 0.2) is 57.5 Å². The molecule has 2 heterocycles. The van der Waals surface area contributed by atoms with Crippen LogP contribution in [0.25, 0.3) is 10.8 Å². The zero-order valence-corrected chi connectivity index (χ0v) is 15.7. The molecular weight excluding hydrogens is 348 g/mol. The van der Waals surface area contributed by atoms with Crippen LogP contribution in [0.2, 0.25) is 0 Å². The molecule has 0 radical (unpaired) electrons. The summed E-state index contributed by atoms with van der Waals surface area (Å²) in [6.07, 6.45) is 1.68. The standard InChI is InChI=1S/C19H22N4O2S/c1-3-20-19(21-11-14-6-8-16(24-2)9-7-14)22-12-15-13-25-18(23-15)17-5-4-10-26-17/h4-10,13H,3,11-12H2,1-2H3,(H2,20,21,22). The zero-order valence-electron chi connectivity index (χ0n) is 14.9. The van der Waals surface area contributed by atoms with Crippen molar-refractivity contribution >= 4 is 17.3 Å². The summed E-state index contributed by atoms with van der Waals surface area (Å²) in [5.74, 6) is 2.23. The van der Waals surface area contributed by atoms with Crippen molar-refractivity contribution in [1.29, 1.82) is 0 Å². The van der Waals surface area contributed by atoms with Gasteiger partial charge in [0.2, 0.25) is 5.89 Å². The molecule has 0 aliphatic rings. The van der Waals surface area contributed by atoms with Gasteiger partial charge in [-0.05, 0) is 36.1 Å². The molecule has 7 heteroatoms. The van der Waals surface area contributed by atoms with Crippen LogP contribution in [-0.2, 0) is 13.1 Å². The molecule has 2 aromatic heterocycles. The van der Waals surface area contributed by atoms with E-state index in [1.165, 1.54) is 0 Å². The predicted molar refractivity (Wildman–Crippen MR) is 104 cm³/mol. The van der Waals surface area contributed by atoms with Gasteiger partial charge in [0.25, 0.3) is 0 Å². The van der Waals surface area contributed by atoms with E-state index < -0.39 is 0 Å². The number of aliphatic imine (C=N–C) groups is 1. The van der Waals surface area contributed by atoms with Crippen LogP contribution < -0.4 is 15.4 Å². The minimum atomic E-state index is 0.545. The van der Waals surface area contributed by atoms with Crippen molar-refractivity contribution in [2.45, 2.75) is 20.0 Å². The number of benzene rings is 1. The van der Waals surface area contributed by atoms with Crippen LogP contribution in [0.3, 0.4) is 0 Å². The van der Waals surface area contributed by atoms with Crippen molar-refractivity contribution in [1.82, 2.24) is 15.6 Å². The lowest BCUT2D eigenvalue weighted by atomic mass is 10.2. The molecule has 0 aliphatic carbocycles. The van der Waals surface area contributed by atoms with Gasteiger partial charge in [-0.3, -0.25) is 0 Å². The first-order chi connectivity index (χ1) is 12.8. The van der Waals surface area contributed by atoms with Crippen LogP contribution in [0.5, 0.6) is 5.75 Å². The van der Waals surface area contributed by atoms with Crippen molar-refractivity contribution in [3.05, 3.63) is 59.3 Å². The summed E-state index contributed by atoms with van der Waals surface area (Å²) in [7, 11) is 1.66. The number of thiophene rings is 1. The van der Waals surface area contributed by atoms with Crippen molar-refractivity contribution in [2.75, 3.05) is 13.7 Å². The molecule has 0 saturated carbocycles. The summed E-state index contributed by atoms with van der Waals surface area (Å²) in [5, 5.41) is 8.53. The lowest BCUT2D eigenvalue weighted by Gasteiger charge is -2.10. The highest BCUT2D eigenvalue weighted by atomic mass is 32.1. The average molecular weight is 370 g/mol. The van der Waals surface area contributed by atoms with E-state index in [-0.39, 0.29) is 0 Å². The summed E-state index contributed by atoms with van der Waals surface area (Å²) < 4.78 is 10.7. The third-order valence-electron chi connectivity index (χ3n) is 3.64. The molecular formula is C19H22N4O2S. The minimum Gasteiger partial charge on any atom is -0.497 e. The largest absolute Gasteiger partial charge is 0.497 e. The molecule has 0 bridgehead atoms.